The molecule has 0 aromatic heterocycles. The maximum atomic E-state index is 12.6. The highest BCUT2D eigenvalue weighted by molar-refractivity contribution is 6.77. The van der Waals surface area contributed by atoms with E-state index in [9.17, 15) is 4.79 Å². The van der Waals surface area contributed by atoms with Crippen LogP contribution in [0.5, 0.6) is 0 Å². The second-order valence-electron chi connectivity index (χ2n) is 7.83. The average molecular weight is 288 g/mol. The zero-order chi connectivity index (χ0) is 14.1. The molecule has 3 saturated carbocycles. The quantitative estimate of drug-likeness (QED) is 0.451. The highest BCUT2D eigenvalue weighted by Crippen LogP contribution is 2.67. The number of carbonyl (C=O) groups is 1. The molecule has 0 aromatic rings. The summed E-state index contributed by atoms with van der Waals surface area (Å²) < 4.78 is 5.82. The molecule has 0 aliphatic heterocycles. The van der Waals surface area contributed by atoms with Gasteiger partial charge in [-0.25, -0.2) is 0 Å². The minimum absolute atomic E-state index is 0.0827. The van der Waals surface area contributed by atoms with Gasteiger partial charge in [0.15, 0.2) is 0 Å². The Labute approximate surface area is 122 Å². The molecule has 4 aliphatic rings. The van der Waals surface area contributed by atoms with Crippen LogP contribution in [0.2, 0.25) is 13.1 Å². The van der Waals surface area contributed by atoms with E-state index in [1.165, 1.54) is 12.8 Å². The van der Waals surface area contributed by atoms with Gasteiger partial charge in [-0.15, -0.1) is 6.58 Å². The number of carbonyl (C=O) groups excluding carboxylic acids is 1. The number of rotatable bonds is 3. The standard InChI is InChI=1S/C17H24O2Si/c1-4-20(2,3)19-17(18)14-9-12-8-13(14)16-11-6-5-10(7-11)15(12)16/h4-6,10-16H,1,7-9H2,2-3H3. The van der Waals surface area contributed by atoms with E-state index in [1.807, 2.05) is 18.8 Å². The Bertz CT molecular complexity index is 495. The van der Waals surface area contributed by atoms with Gasteiger partial charge in [0.1, 0.15) is 0 Å². The predicted octanol–water partition coefficient (Wildman–Crippen LogP) is 3.55. The van der Waals surface area contributed by atoms with Gasteiger partial charge in [-0.3, -0.25) is 4.79 Å². The third kappa shape index (κ3) is 1.65. The van der Waals surface area contributed by atoms with Crippen LogP contribution in [0, 0.1) is 41.4 Å². The fourth-order valence-electron chi connectivity index (χ4n) is 5.66. The lowest BCUT2D eigenvalue weighted by Gasteiger charge is -2.36. The SMILES string of the molecule is C=C[Si](C)(C)OC(=O)C1CC2CC1C1C3C=CC(C3)C21. The highest BCUT2D eigenvalue weighted by Gasteiger charge is 2.62. The third-order valence-electron chi connectivity index (χ3n) is 6.43. The third-order valence-corrected chi connectivity index (χ3v) is 8.14. The van der Waals surface area contributed by atoms with E-state index < -0.39 is 8.32 Å². The molecule has 0 aromatic carbocycles. The van der Waals surface area contributed by atoms with Crippen LogP contribution in [0.25, 0.3) is 0 Å². The van der Waals surface area contributed by atoms with Gasteiger partial charge in [0.2, 0.25) is 0 Å². The van der Waals surface area contributed by atoms with Crippen LogP contribution in [-0.2, 0) is 9.22 Å². The first-order chi connectivity index (χ1) is 9.50. The summed E-state index contributed by atoms with van der Waals surface area (Å²) in [5.41, 5.74) is 1.86. The fourth-order valence-corrected chi connectivity index (χ4v) is 6.42. The summed E-state index contributed by atoms with van der Waals surface area (Å²) in [4.78, 5) is 12.6. The molecule has 3 heteroatoms. The van der Waals surface area contributed by atoms with Gasteiger partial charge in [-0.05, 0) is 67.9 Å². The minimum atomic E-state index is -1.99. The van der Waals surface area contributed by atoms with E-state index >= 15 is 0 Å². The van der Waals surface area contributed by atoms with Crippen LogP contribution in [-0.4, -0.2) is 14.3 Å². The van der Waals surface area contributed by atoms with Crippen molar-refractivity contribution >= 4 is 14.3 Å². The average Bonchev–Trinajstić information content (AvgIpc) is 3.15. The van der Waals surface area contributed by atoms with Crippen LogP contribution in [0.3, 0.4) is 0 Å². The van der Waals surface area contributed by atoms with E-state index in [0.29, 0.717) is 5.92 Å². The van der Waals surface area contributed by atoms with E-state index in [0.717, 1.165) is 36.0 Å². The topological polar surface area (TPSA) is 26.3 Å². The second kappa shape index (κ2) is 4.09. The Morgan fingerprint density at radius 1 is 1.20 bits per heavy atom. The normalized spacial score (nSPS) is 47.6. The van der Waals surface area contributed by atoms with Crippen molar-refractivity contribution < 1.29 is 9.22 Å². The Hall–Kier alpha value is -0.833. The Kier molecular flexibility index (Phi) is 2.63. The molecule has 4 aliphatic carbocycles. The molecule has 108 valence electrons. The number of fused-ring (bicyclic) bond motifs is 9. The lowest BCUT2D eigenvalue weighted by Crippen LogP contribution is -2.39. The maximum absolute atomic E-state index is 12.6. The fraction of sp³-hybridized carbons (Fsp3) is 0.706. The monoisotopic (exact) mass is 288 g/mol. The predicted molar refractivity (Wildman–Crippen MR) is 81.2 cm³/mol. The van der Waals surface area contributed by atoms with Gasteiger partial charge in [0.05, 0.1) is 5.92 Å². The van der Waals surface area contributed by atoms with Crippen molar-refractivity contribution in [3.05, 3.63) is 24.4 Å². The molecule has 0 N–H and O–H groups in total. The van der Waals surface area contributed by atoms with Gasteiger partial charge in [-0.1, -0.05) is 17.9 Å². The van der Waals surface area contributed by atoms with Crippen molar-refractivity contribution in [1.82, 2.24) is 0 Å². The zero-order valence-electron chi connectivity index (χ0n) is 12.4. The van der Waals surface area contributed by atoms with Crippen molar-refractivity contribution in [3.63, 3.8) is 0 Å². The first kappa shape index (κ1) is 12.9. The Morgan fingerprint density at radius 2 is 1.90 bits per heavy atom. The number of hydrogen-bond acceptors (Lipinski definition) is 2. The molecule has 0 spiro atoms. The van der Waals surface area contributed by atoms with E-state index in [4.69, 9.17) is 4.43 Å². The Morgan fingerprint density at radius 3 is 2.60 bits per heavy atom. The molecule has 4 bridgehead atoms. The van der Waals surface area contributed by atoms with Gasteiger partial charge in [0, 0.05) is 0 Å². The molecule has 4 rings (SSSR count). The van der Waals surface area contributed by atoms with Crippen LogP contribution in [0.1, 0.15) is 19.3 Å². The second-order valence-corrected chi connectivity index (χ2v) is 11.7. The summed E-state index contributed by atoms with van der Waals surface area (Å²) in [6.45, 7) is 7.92. The van der Waals surface area contributed by atoms with E-state index in [2.05, 4.69) is 18.7 Å². The summed E-state index contributed by atoms with van der Waals surface area (Å²) in [6, 6.07) is 0. The first-order valence-corrected chi connectivity index (χ1v) is 11.0. The van der Waals surface area contributed by atoms with Gasteiger partial charge >= 0.3 is 0 Å². The highest BCUT2D eigenvalue weighted by atomic mass is 28.4. The largest absolute Gasteiger partial charge is 0.516 e. The Balaban J connectivity index is 1.52. The molecule has 3 fully saturated rings. The lowest BCUT2D eigenvalue weighted by molar-refractivity contribution is -0.142. The molecule has 0 amide bonds. The smallest absolute Gasteiger partial charge is 0.296 e. The summed E-state index contributed by atoms with van der Waals surface area (Å²) >= 11 is 0. The molecule has 0 saturated heterocycles. The molecule has 7 unspecified atom stereocenters. The summed E-state index contributed by atoms with van der Waals surface area (Å²) in [5.74, 6) is 4.93. The van der Waals surface area contributed by atoms with Gasteiger partial charge in [0.25, 0.3) is 14.3 Å². The summed E-state index contributed by atoms with van der Waals surface area (Å²) in [5, 5.41) is 0. The van der Waals surface area contributed by atoms with Gasteiger partial charge < -0.3 is 4.43 Å². The van der Waals surface area contributed by atoms with E-state index in [-0.39, 0.29) is 11.9 Å². The molecule has 20 heavy (non-hydrogen) atoms. The lowest BCUT2D eigenvalue weighted by atomic mass is 9.69. The van der Waals surface area contributed by atoms with Gasteiger partial charge in [-0.2, -0.15) is 0 Å². The van der Waals surface area contributed by atoms with Crippen molar-refractivity contribution in [2.45, 2.75) is 32.4 Å². The summed E-state index contributed by atoms with van der Waals surface area (Å²) in [6.07, 6.45) is 8.60. The first-order valence-electron chi connectivity index (χ1n) is 8.05. The number of allylic oxidation sites excluding steroid dienone is 2. The van der Waals surface area contributed by atoms with Crippen LogP contribution in [0.4, 0.5) is 0 Å². The van der Waals surface area contributed by atoms with E-state index in [1.54, 1.807) is 0 Å². The zero-order valence-corrected chi connectivity index (χ0v) is 13.4. The molecule has 7 atom stereocenters. The molecular formula is C17H24O2Si. The number of hydrogen-bond donors (Lipinski definition) is 0. The van der Waals surface area contributed by atoms with Crippen molar-refractivity contribution in [1.29, 1.82) is 0 Å². The van der Waals surface area contributed by atoms with Crippen molar-refractivity contribution in [3.8, 4) is 0 Å². The molecular weight excluding hydrogens is 264 g/mol. The van der Waals surface area contributed by atoms with Crippen LogP contribution < -0.4 is 0 Å². The summed E-state index contributed by atoms with van der Waals surface area (Å²) in [7, 11) is -1.99. The van der Waals surface area contributed by atoms with Crippen molar-refractivity contribution in [2.24, 2.45) is 41.4 Å². The van der Waals surface area contributed by atoms with Crippen LogP contribution in [0.15, 0.2) is 24.4 Å². The molecule has 2 nitrogen and oxygen atoms in total. The molecule has 0 heterocycles. The molecule has 0 radical (unpaired) electrons. The minimum Gasteiger partial charge on any atom is -0.516 e. The van der Waals surface area contributed by atoms with Crippen molar-refractivity contribution in [2.75, 3.05) is 0 Å². The maximum Gasteiger partial charge on any atom is 0.296 e. The van der Waals surface area contributed by atoms with Crippen LogP contribution >= 0.6 is 0 Å².